The summed E-state index contributed by atoms with van der Waals surface area (Å²) in [6, 6.07) is 0. The van der Waals surface area contributed by atoms with Gasteiger partial charge in [-0.3, -0.25) is 0 Å². The maximum absolute atomic E-state index is 11.3. The largest absolute Gasteiger partial charge is 0.510 e. The summed E-state index contributed by atoms with van der Waals surface area (Å²) < 4.78 is 15.3. The molecule has 0 bridgehead atoms. The van der Waals surface area contributed by atoms with E-state index in [1.165, 1.54) is 51.4 Å². The Morgan fingerprint density at radius 3 is 2.60 bits per heavy atom. The zero-order chi connectivity index (χ0) is 14.3. The van der Waals surface area contributed by atoms with E-state index in [4.69, 9.17) is 14.2 Å². The Labute approximate surface area is 122 Å². The van der Waals surface area contributed by atoms with Crippen molar-refractivity contribution < 1.29 is 19.0 Å². The van der Waals surface area contributed by atoms with E-state index in [0.717, 1.165) is 18.8 Å². The van der Waals surface area contributed by atoms with Crippen LogP contribution >= 0.6 is 0 Å². The number of carbonyl (C=O) groups excluding carboxylic acids is 1. The fourth-order valence-corrected chi connectivity index (χ4v) is 3.11. The third kappa shape index (κ3) is 5.31. The van der Waals surface area contributed by atoms with Crippen molar-refractivity contribution in [1.29, 1.82) is 0 Å². The van der Waals surface area contributed by atoms with E-state index >= 15 is 0 Å². The van der Waals surface area contributed by atoms with Crippen LogP contribution < -0.4 is 0 Å². The molecule has 1 aliphatic carbocycles. The van der Waals surface area contributed by atoms with Gasteiger partial charge in [-0.2, -0.15) is 0 Å². The molecular weight excluding hydrogens is 256 g/mol. The zero-order valence-corrected chi connectivity index (χ0v) is 12.7. The maximum atomic E-state index is 11.3. The van der Waals surface area contributed by atoms with Crippen LogP contribution in [0.15, 0.2) is 0 Å². The number of rotatable bonds is 8. The summed E-state index contributed by atoms with van der Waals surface area (Å²) in [6.45, 7) is 2.64. The number of hydrogen-bond acceptors (Lipinski definition) is 4. The van der Waals surface area contributed by atoms with Gasteiger partial charge in [-0.05, 0) is 19.3 Å². The van der Waals surface area contributed by atoms with E-state index in [2.05, 4.69) is 0 Å². The molecule has 0 aromatic carbocycles. The van der Waals surface area contributed by atoms with Crippen molar-refractivity contribution in [2.24, 2.45) is 5.92 Å². The highest BCUT2D eigenvalue weighted by molar-refractivity contribution is 5.60. The summed E-state index contributed by atoms with van der Waals surface area (Å²) in [5.74, 6) is 0.308. The molecule has 1 aliphatic heterocycles. The molecule has 2 aliphatic rings. The second kappa shape index (κ2) is 7.87. The molecule has 1 saturated carbocycles. The van der Waals surface area contributed by atoms with Gasteiger partial charge in [0.2, 0.25) is 5.79 Å². The van der Waals surface area contributed by atoms with E-state index in [0.29, 0.717) is 13.2 Å². The summed E-state index contributed by atoms with van der Waals surface area (Å²) in [5.41, 5.74) is 0. The first-order valence-electron chi connectivity index (χ1n) is 8.24. The van der Waals surface area contributed by atoms with Crippen molar-refractivity contribution in [2.75, 3.05) is 13.2 Å². The second-order valence-corrected chi connectivity index (χ2v) is 6.09. The summed E-state index contributed by atoms with van der Waals surface area (Å²) in [5, 5.41) is 0. The molecule has 0 aromatic rings. The fraction of sp³-hybridized carbons (Fsp3) is 0.938. The lowest BCUT2D eigenvalue weighted by Crippen LogP contribution is -2.22. The summed E-state index contributed by atoms with van der Waals surface area (Å²) in [4.78, 5) is 11.3. The highest BCUT2D eigenvalue weighted by Crippen LogP contribution is 2.35. The predicted octanol–water partition coefficient (Wildman–Crippen LogP) is 4.42. The van der Waals surface area contributed by atoms with Gasteiger partial charge >= 0.3 is 6.16 Å². The Kier molecular flexibility index (Phi) is 6.14. The molecule has 2 rings (SSSR count). The minimum absolute atomic E-state index is 0.344. The van der Waals surface area contributed by atoms with Gasteiger partial charge in [-0.25, -0.2) is 4.79 Å². The van der Waals surface area contributed by atoms with Crippen molar-refractivity contribution >= 4 is 6.16 Å². The number of ether oxygens (including phenoxy) is 3. The summed E-state index contributed by atoms with van der Waals surface area (Å²) in [6.07, 6.45) is 12.3. The quantitative estimate of drug-likeness (QED) is 0.376. The topological polar surface area (TPSA) is 48.1 Å². The maximum Gasteiger partial charge on any atom is 0.510 e. The van der Waals surface area contributed by atoms with E-state index in [-0.39, 0.29) is 0 Å². The van der Waals surface area contributed by atoms with Crippen molar-refractivity contribution in [2.45, 2.75) is 76.9 Å². The minimum atomic E-state index is -0.656. The molecular formula is C16H28O4. The highest BCUT2D eigenvalue weighted by Gasteiger charge is 2.49. The molecule has 1 unspecified atom stereocenters. The van der Waals surface area contributed by atoms with Gasteiger partial charge in [0.05, 0.1) is 6.61 Å². The van der Waals surface area contributed by atoms with E-state index in [9.17, 15) is 4.79 Å². The van der Waals surface area contributed by atoms with E-state index in [1.54, 1.807) is 6.92 Å². The van der Waals surface area contributed by atoms with Crippen LogP contribution in [0.3, 0.4) is 0 Å². The number of hydrogen-bond donors (Lipinski definition) is 0. The molecule has 0 radical (unpaired) electrons. The third-order valence-electron chi connectivity index (χ3n) is 4.39. The molecule has 4 heteroatoms. The minimum Gasteiger partial charge on any atom is -0.435 e. The monoisotopic (exact) mass is 284 g/mol. The molecule has 1 atom stereocenters. The van der Waals surface area contributed by atoms with Crippen molar-refractivity contribution in [3.8, 4) is 0 Å². The molecule has 0 N–H and O–H groups in total. The third-order valence-corrected chi connectivity index (χ3v) is 4.39. The first-order valence-corrected chi connectivity index (χ1v) is 8.24. The van der Waals surface area contributed by atoms with Crippen LogP contribution in [0.2, 0.25) is 0 Å². The van der Waals surface area contributed by atoms with Gasteiger partial charge in [-0.15, -0.1) is 0 Å². The lowest BCUT2D eigenvalue weighted by atomic mass is 9.85. The molecule has 116 valence electrons. The van der Waals surface area contributed by atoms with Gasteiger partial charge in [-0.1, -0.05) is 51.4 Å². The Morgan fingerprint density at radius 2 is 1.95 bits per heavy atom. The molecule has 0 spiro atoms. The van der Waals surface area contributed by atoms with Crippen LogP contribution in [0.5, 0.6) is 0 Å². The van der Waals surface area contributed by atoms with Gasteiger partial charge in [0, 0.05) is 6.42 Å². The smallest absolute Gasteiger partial charge is 0.435 e. The molecule has 4 nitrogen and oxygen atoms in total. The molecule has 0 amide bonds. The Morgan fingerprint density at radius 1 is 1.20 bits per heavy atom. The van der Waals surface area contributed by atoms with E-state index < -0.39 is 11.9 Å². The number of unbranched alkanes of at least 4 members (excludes halogenated alkanes) is 2. The Bertz CT molecular complexity index is 293. The predicted molar refractivity (Wildman–Crippen MR) is 76.5 cm³/mol. The molecule has 20 heavy (non-hydrogen) atoms. The normalized spacial score (nSPS) is 26.2. The van der Waals surface area contributed by atoms with Gasteiger partial charge in [0.25, 0.3) is 0 Å². The fourth-order valence-electron chi connectivity index (χ4n) is 3.11. The van der Waals surface area contributed by atoms with Gasteiger partial charge in [0.1, 0.15) is 6.61 Å². The zero-order valence-electron chi connectivity index (χ0n) is 12.7. The second-order valence-electron chi connectivity index (χ2n) is 6.09. The highest BCUT2D eigenvalue weighted by atomic mass is 16.8. The SMILES string of the molecule is CCOC(=O)OC1(CCCCCC2CCCCC2)CO1. The standard InChI is InChI=1S/C16H28O4/c1-2-18-15(17)20-16(13-19-16)12-8-4-7-11-14-9-5-3-6-10-14/h14H,2-13H2,1H3. The van der Waals surface area contributed by atoms with Crippen molar-refractivity contribution in [3.05, 3.63) is 0 Å². The Hall–Kier alpha value is -0.770. The van der Waals surface area contributed by atoms with Crippen LogP contribution in [-0.2, 0) is 14.2 Å². The lowest BCUT2D eigenvalue weighted by molar-refractivity contribution is -0.0381. The summed E-state index contributed by atoms with van der Waals surface area (Å²) in [7, 11) is 0. The molecule has 1 saturated heterocycles. The molecule has 2 fully saturated rings. The first kappa shape index (κ1) is 15.6. The average Bonchev–Trinajstić information content (AvgIpc) is 3.19. The van der Waals surface area contributed by atoms with Gasteiger partial charge < -0.3 is 14.2 Å². The van der Waals surface area contributed by atoms with Gasteiger partial charge in [0.15, 0.2) is 0 Å². The lowest BCUT2D eigenvalue weighted by Gasteiger charge is -2.21. The number of epoxide rings is 1. The van der Waals surface area contributed by atoms with Crippen LogP contribution in [0.25, 0.3) is 0 Å². The van der Waals surface area contributed by atoms with Crippen LogP contribution in [0.4, 0.5) is 4.79 Å². The Balaban J connectivity index is 1.51. The van der Waals surface area contributed by atoms with Crippen LogP contribution in [0.1, 0.15) is 71.1 Å². The van der Waals surface area contributed by atoms with Crippen molar-refractivity contribution in [1.82, 2.24) is 0 Å². The summed E-state index contributed by atoms with van der Waals surface area (Å²) >= 11 is 0. The van der Waals surface area contributed by atoms with E-state index in [1.807, 2.05) is 0 Å². The van der Waals surface area contributed by atoms with Crippen LogP contribution in [-0.4, -0.2) is 25.2 Å². The average molecular weight is 284 g/mol. The number of carbonyl (C=O) groups is 1. The first-order chi connectivity index (χ1) is 9.74. The van der Waals surface area contributed by atoms with Crippen molar-refractivity contribution in [3.63, 3.8) is 0 Å². The molecule has 1 heterocycles. The molecule has 0 aromatic heterocycles. The van der Waals surface area contributed by atoms with Crippen LogP contribution in [0, 0.1) is 5.92 Å².